The molecule has 0 bridgehead atoms. The Hall–Kier alpha value is -2.93. The van der Waals surface area contributed by atoms with Gasteiger partial charge in [0.1, 0.15) is 11.6 Å². The summed E-state index contributed by atoms with van der Waals surface area (Å²) in [5.41, 5.74) is 2.74. The second-order valence-corrected chi connectivity index (χ2v) is 7.37. The number of hydrogen-bond acceptors (Lipinski definition) is 5. The van der Waals surface area contributed by atoms with E-state index in [0.717, 1.165) is 22.6 Å². The van der Waals surface area contributed by atoms with Crippen LogP contribution in [-0.2, 0) is 4.79 Å². The molecule has 3 heterocycles. The third-order valence-corrected chi connectivity index (χ3v) is 4.80. The summed E-state index contributed by atoms with van der Waals surface area (Å²) in [6.45, 7) is 5.89. The summed E-state index contributed by atoms with van der Waals surface area (Å²) in [5, 5.41) is 15.8. The van der Waals surface area contributed by atoms with Crippen molar-refractivity contribution in [2.45, 2.75) is 39.2 Å². The zero-order valence-electron chi connectivity index (χ0n) is 15.8. The van der Waals surface area contributed by atoms with Crippen LogP contribution >= 0.6 is 11.6 Å². The van der Waals surface area contributed by atoms with E-state index in [-0.39, 0.29) is 17.9 Å². The molecule has 2 aromatic heterocycles. The number of amides is 1. The molecule has 1 amide bonds. The number of rotatable bonds is 4. The second-order valence-electron chi connectivity index (χ2n) is 6.98. The largest absolute Gasteiger partial charge is 0.491 e. The van der Waals surface area contributed by atoms with Crippen molar-refractivity contribution < 1.29 is 9.53 Å². The molecule has 4 rings (SSSR count). The number of para-hydroxylation sites is 1. The summed E-state index contributed by atoms with van der Waals surface area (Å²) in [5.74, 6) is 1.63. The number of benzene rings is 1. The molecule has 1 atom stereocenters. The first kappa shape index (κ1) is 18.4. The first-order chi connectivity index (χ1) is 13.4. The fraction of sp³-hybridized carbons (Fsp3) is 0.300. The normalized spacial score (nSPS) is 16.0. The van der Waals surface area contributed by atoms with Crippen LogP contribution in [0.15, 0.2) is 36.4 Å². The summed E-state index contributed by atoms with van der Waals surface area (Å²) in [7, 11) is 0. The van der Waals surface area contributed by atoms with E-state index < -0.39 is 0 Å². The number of ether oxygens (including phenoxy) is 1. The molecule has 1 aliphatic heterocycles. The molecule has 0 radical (unpaired) electrons. The first-order valence-corrected chi connectivity index (χ1v) is 9.46. The fourth-order valence-corrected chi connectivity index (χ4v) is 3.63. The number of nitrogens with one attached hydrogen (secondary N) is 1. The lowest BCUT2D eigenvalue weighted by atomic mass is 9.85. The quantitative estimate of drug-likeness (QED) is 0.722. The summed E-state index contributed by atoms with van der Waals surface area (Å²) < 4.78 is 7.60. The van der Waals surface area contributed by atoms with Gasteiger partial charge in [-0.05, 0) is 39.0 Å². The molecule has 0 unspecified atom stereocenters. The van der Waals surface area contributed by atoms with Crippen molar-refractivity contribution in [1.29, 1.82) is 0 Å². The number of halogens is 1. The third kappa shape index (κ3) is 3.33. The van der Waals surface area contributed by atoms with Gasteiger partial charge >= 0.3 is 0 Å². The fourth-order valence-electron chi connectivity index (χ4n) is 3.53. The van der Waals surface area contributed by atoms with Gasteiger partial charge in [0.15, 0.2) is 11.0 Å². The Balaban J connectivity index is 1.85. The van der Waals surface area contributed by atoms with Gasteiger partial charge in [-0.3, -0.25) is 4.79 Å². The number of nitrogens with zero attached hydrogens (tertiary/aromatic N) is 4. The van der Waals surface area contributed by atoms with Crippen molar-refractivity contribution in [1.82, 2.24) is 20.0 Å². The number of hydrogen-bond donors (Lipinski definition) is 1. The number of carbonyl (C=O) groups is 1. The molecule has 1 aliphatic rings. The molecule has 1 aromatic carbocycles. The van der Waals surface area contributed by atoms with E-state index in [1.807, 2.05) is 45.0 Å². The molecule has 7 nitrogen and oxygen atoms in total. The predicted octanol–water partition coefficient (Wildman–Crippen LogP) is 3.89. The average molecular weight is 398 g/mol. The first-order valence-electron chi connectivity index (χ1n) is 9.08. The van der Waals surface area contributed by atoms with Crippen molar-refractivity contribution in [2.75, 3.05) is 5.32 Å². The van der Waals surface area contributed by atoms with E-state index in [1.54, 1.807) is 16.8 Å². The Kier molecular flexibility index (Phi) is 4.77. The van der Waals surface area contributed by atoms with E-state index in [9.17, 15) is 4.79 Å². The van der Waals surface area contributed by atoms with Crippen LogP contribution in [0, 0.1) is 6.92 Å². The van der Waals surface area contributed by atoms with Gasteiger partial charge in [0.25, 0.3) is 0 Å². The predicted molar refractivity (Wildman–Crippen MR) is 106 cm³/mol. The Morgan fingerprint density at radius 3 is 2.71 bits per heavy atom. The Morgan fingerprint density at radius 1 is 1.21 bits per heavy atom. The number of anilines is 1. The number of aromatic nitrogens is 4. The monoisotopic (exact) mass is 397 g/mol. The molecule has 8 heteroatoms. The SMILES string of the molecule is Cc1nn(-c2ccc(Cl)nn2)c2c1[C@H](c1ccccc1OC(C)C)CC(=O)N2. The minimum absolute atomic E-state index is 0.0335. The van der Waals surface area contributed by atoms with Crippen LogP contribution in [0.25, 0.3) is 5.82 Å². The van der Waals surface area contributed by atoms with E-state index in [1.165, 1.54) is 0 Å². The lowest BCUT2D eigenvalue weighted by Crippen LogP contribution is -2.25. The standard InChI is InChI=1S/C20H20ClN5O2/c1-11(2)28-15-7-5-4-6-13(15)14-10-18(27)22-20-19(14)12(3)25-26(20)17-9-8-16(21)23-24-17/h4-9,11,14H,10H2,1-3H3,(H,22,27)/t14-/m0/s1. The van der Waals surface area contributed by atoms with Crippen LogP contribution in [-0.4, -0.2) is 32.0 Å². The van der Waals surface area contributed by atoms with Gasteiger partial charge in [-0.25, -0.2) is 0 Å². The Bertz CT molecular complexity index is 1030. The molecule has 1 N–H and O–H groups in total. The zero-order valence-corrected chi connectivity index (χ0v) is 16.6. The van der Waals surface area contributed by atoms with Crippen LogP contribution in [0.5, 0.6) is 5.75 Å². The molecule has 0 spiro atoms. The Labute approximate surface area is 167 Å². The maximum absolute atomic E-state index is 12.5. The van der Waals surface area contributed by atoms with Gasteiger partial charge in [-0.2, -0.15) is 9.78 Å². The molecule has 3 aromatic rings. The van der Waals surface area contributed by atoms with Crippen molar-refractivity contribution in [3.63, 3.8) is 0 Å². The van der Waals surface area contributed by atoms with Crippen molar-refractivity contribution in [3.05, 3.63) is 58.4 Å². The van der Waals surface area contributed by atoms with Gasteiger partial charge in [0.2, 0.25) is 5.91 Å². The van der Waals surface area contributed by atoms with E-state index in [2.05, 4.69) is 20.6 Å². The highest BCUT2D eigenvalue weighted by Gasteiger charge is 2.34. The van der Waals surface area contributed by atoms with Crippen LogP contribution < -0.4 is 10.1 Å². The number of aryl methyl sites for hydroxylation is 1. The van der Waals surface area contributed by atoms with Gasteiger partial charge in [-0.15, -0.1) is 10.2 Å². The van der Waals surface area contributed by atoms with E-state index >= 15 is 0 Å². The van der Waals surface area contributed by atoms with E-state index in [0.29, 0.717) is 23.2 Å². The smallest absolute Gasteiger partial charge is 0.226 e. The van der Waals surface area contributed by atoms with Gasteiger partial charge in [-0.1, -0.05) is 29.8 Å². The average Bonchev–Trinajstić information content (AvgIpc) is 2.98. The molecule has 0 fully saturated rings. The highest BCUT2D eigenvalue weighted by Crippen LogP contribution is 2.43. The minimum atomic E-state index is -0.160. The minimum Gasteiger partial charge on any atom is -0.491 e. The second kappa shape index (κ2) is 7.24. The summed E-state index contributed by atoms with van der Waals surface area (Å²) >= 11 is 5.85. The highest BCUT2D eigenvalue weighted by molar-refractivity contribution is 6.29. The topological polar surface area (TPSA) is 81.9 Å². The van der Waals surface area contributed by atoms with Crippen molar-refractivity contribution in [3.8, 4) is 11.6 Å². The van der Waals surface area contributed by atoms with Crippen LogP contribution in [0.1, 0.15) is 43.0 Å². The molecule has 28 heavy (non-hydrogen) atoms. The highest BCUT2D eigenvalue weighted by atomic mass is 35.5. The Morgan fingerprint density at radius 2 is 2.00 bits per heavy atom. The van der Waals surface area contributed by atoms with Crippen LogP contribution in [0.4, 0.5) is 5.82 Å². The van der Waals surface area contributed by atoms with Gasteiger partial charge < -0.3 is 10.1 Å². The zero-order chi connectivity index (χ0) is 19.8. The molecule has 0 saturated heterocycles. The van der Waals surface area contributed by atoms with Crippen LogP contribution in [0.2, 0.25) is 5.15 Å². The third-order valence-electron chi connectivity index (χ3n) is 4.59. The molecule has 0 aliphatic carbocycles. The maximum Gasteiger partial charge on any atom is 0.226 e. The number of carbonyl (C=O) groups excluding carboxylic acids is 1. The summed E-state index contributed by atoms with van der Waals surface area (Å²) in [6.07, 6.45) is 0.357. The van der Waals surface area contributed by atoms with E-state index in [4.69, 9.17) is 16.3 Å². The van der Waals surface area contributed by atoms with Crippen LogP contribution in [0.3, 0.4) is 0 Å². The maximum atomic E-state index is 12.5. The number of fused-ring (bicyclic) bond motifs is 1. The van der Waals surface area contributed by atoms with Gasteiger partial charge in [0.05, 0.1) is 11.8 Å². The summed E-state index contributed by atoms with van der Waals surface area (Å²) in [6, 6.07) is 11.2. The molecule has 144 valence electrons. The summed E-state index contributed by atoms with van der Waals surface area (Å²) in [4.78, 5) is 12.5. The molecule has 0 saturated carbocycles. The van der Waals surface area contributed by atoms with Crippen molar-refractivity contribution >= 4 is 23.3 Å². The lowest BCUT2D eigenvalue weighted by Gasteiger charge is -2.26. The lowest BCUT2D eigenvalue weighted by molar-refractivity contribution is -0.116. The molecular formula is C20H20ClN5O2. The van der Waals surface area contributed by atoms with Gasteiger partial charge in [0, 0.05) is 23.5 Å². The van der Waals surface area contributed by atoms with Crippen molar-refractivity contribution in [2.24, 2.45) is 0 Å². The molecular weight excluding hydrogens is 378 g/mol.